The van der Waals surface area contributed by atoms with Gasteiger partial charge in [0, 0.05) is 48.3 Å². The van der Waals surface area contributed by atoms with Gasteiger partial charge in [-0.15, -0.1) is 0 Å². The number of hydrogen-bond donors (Lipinski definition) is 0. The van der Waals surface area contributed by atoms with Gasteiger partial charge < -0.3 is 19.0 Å². The molecule has 5 rings (SSSR count). The van der Waals surface area contributed by atoms with Crippen molar-refractivity contribution in [1.29, 1.82) is 0 Å². The first-order valence-corrected chi connectivity index (χ1v) is 22.7. The third-order valence-electron chi connectivity index (χ3n) is 12.3. The van der Waals surface area contributed by atoms with Gasteiger partial charge in [0.1, 0.15) is 5.52 Å². The number of carbonyl (C=O) groups is 3. The Morgan fingerprint density at radius 3 is 1.88 bits per heavy atom. The SMILES string of the molecule is CC1(C)CCC(c2cc(C(C)(C)C)c3oc(C(=O)N4CCN(C(=O)[C@]5(C)CC[C@](C)(C(=O)OCOP(=O)(OC(C)(C)C)OC(C)(C)C)CC5)CC4(C)C)cc3n2)CC1. The van der Waals surface area contributed by atoms with Crippen LogP contribution in [0.1, 0.15) is 183 Å². The first kappa shape index (κ1) is 46.3. The van der Waals surface area contributed by atoms with Gasteiger partial charge in [0.05, 0.1) is 22.2 Å². The summed E-state index contributed by atoms with van der Waals surface area (Å²) in [7, 11) is -4.06. The minimum atomic E-state index is -4.06. The average Bonchev–Trinajstić information content (AvgIpc) is 3.50. The van der Waals surface area contributed by atoms with E-state index in [0.29, 0.717) is 62.2 Å². The Labute approximate surface area is 347 Å². The third kappa shape index (κ3) is 10.7. The second-order valence-corrected chi connectivity index (χ2v) is 23.8. The largest absolute Gasteiger partial charge is 0.478 e. The summed E-state index contributed by atoms with van der Waals surface area (Å²) in [5, 5.41) is 0. The molecular weight excluding hydrogens is 757 g/mol. The molecule has 0 radical (unpaired) electrons. The molecule has 0 N–H and O–H groups in total. The van der Waals surface area contributed by atoms with Gasteiger partial charge in [0.15, 0.2) is 11.3 Å². The fourth-order valence-corrected chi connectivity index (χ4v) is 10.3. The lowest BCUT2D eigenvalue weighted by Gasteiger charge is -2.50. The number of phosphoric ester groups is 1. The van der Waals surface area contributed by atoms with E-state index >= 15 is 0 Å². The lowest BCUT2D eigenvalue weighted by atomic mass is 9.64. The number of phosphoric acid groups is 1. The molecular formula is C45H72N3O9P. The summed E-state index contributed by atoms with van der Waals surface area (Å²) >= 11 is 0. The number of aromatic nitrogens is 1. The van der Waals surface area contributed by atoms with E-state index in [1.165, 1.54) is 12.8 Å². The first-order chi connectivity index (χ1) is 26.3. The van der Waals surface area contributed by atoms with Crippen molar-refractivity contribution in [3.05, 3.63) is 29.2 Å². The normalized spacial score (nSPS) is 24.9. The highest BCUT2D eigenvalue weighted by atomic mass is 31.2. The standard InChI is InChI=1S/C45H72N3O9P/c1-39(2,3)31-26-32(30-16-18-42(10,11)19-17-30)46-33-27-34(55-35(31)33)36(49)48-25-24-47(28-43(48,12)13)37(50)44(14)20-22-45(15,23-21-44)38(51)53-29-54-58(52,56-40(4,5)6)57-41(7,8)9/h26-27,30H,16-25,28-29H2,1-15H3/t44-,45+. The predicted octanol–water partition coefficient (Wildman–Crippen LogP) is 10.7. The molecule has 3 fully saturated rings. The molecule has 0 unspecified atom stereocenters. The molecule has 0 spiro atoms. The van der Waals surface area contributed by atoms with E-state index in [2.05, 4.69) is 40.7 Å². The highest BCUT2D eigenvalue weighted by Crippen LogP contribution is 2.56. The van der Waals surface area contributed by atoms with E-state index in [-0.39, 0.29) is 23.0 Å². The van der Waals surface area contributed by atoms with Gasteiger partial charge in [-0.2, -0.15) is 0 Å². The molecule has 3 aliphatic rings. The average molecular weight is 830 g/mol. The number of rotatable bonds is 9. The summed E-state index contributed by atoms with van der Waals surface area (Å²) in [5.74, 6) is -0.0144. The molecule has 2 aliphatic carbocycles. The van der Waals surface area contributed by atoms with Crippen molar-refractivity contribution in [3.63, 3.8) is 0 Å². The molecule has 0 aromatic carbocycles. The number of nitrogens with zero attached hydrogens (tertiary/aromatic N) is 3. The number of esters is 1. The molecule has 1 saturated heterocycles. The van der Waals surface area contributed by atoms with Crippen molar-refractivity contribution in [2.24, 2.45) is 16.2 Å². The van der Waals surface area contributed by atoms with E-state index in [4.69, 9.17) is 27.7 Å². The lowest BCUT2D eigenvalue weighted by Crippen LogP contribution is -2.63. The van der Waals surface area contributed by atoms with E-state index in [1.54, 1.807) is 41.5 Å². The van der Waals surface area contributed by atoms with Crippen molar-refractivity contribution in [2.45, 2.75) is 183 Å². The molecule has 58 heavy (non-hydrogen) atoms. The van der Waals surface area contributed by atoms with Crippen LogP contribution in [0.4, 0.5) is 0 Å². The number of ether oxygens (including phenoxy) is 1. The van der Waals surface area contributed by atoms with Crippen molar-refractivity contribution in [2.75, 3.05) is 26.4 Å². The van der Waals surface area contributed by atoms with Crippen LogP contribution in [0.5, 0.6) is 0 Å². The van der Waals surface area contributed by atoms with Crippen LogP contribution in [-0.2, 0) is 37.9 Å². The highest BCUT2D eigenvalue weighted by molar-refractivity contribution is 7.48. The number of fused-ring (bicyclic) bond motifs is 1. The molecule has 0 atom stereocenters. The molecule has 1 aliphatic heterocycles. The molecule has 2 amide bonds. The number of carbonyl (C=O) groups excluding carboxylic acids is 3. The van der Waals surface area contributed by atoms with Gasteiger partial charge in [-0.1, -0.05) is 41.5 Å². The van der Waals surface area contributed by atoms with Crippen LogP contribution in [0, 0.1) is 16.2 Å². The smallest absolute Gasteiger partial charge is 0.449 e. The number of amides is 2. The fourth-order valence-electron chi connectivity index (χ4n) is 8.66. The highest BCUT2D eigenvalue weighted by Gasteiger charge is 2.50. The zero-order valence-electron chi connectivity index (χ0n) is 38.2. The molecule has 12 nitrogen and oxygen atoms in total. The molecule has 13 heteroatoms. The van der Waals surface area contributed by atoms with Crippen LogP contribution in [0.25, 0.3) is 11.1 Å². The Morgan fingerprint density at radius 2 is 1.36 bits per heavy atom. The molecule has 3 heterocycles. The van der Waals surface area contributed by atoms with Crippen molar-refractivity contribution >= 4 is 36.7 Å². The molecule has 326 valence electrons. The Morgan fingerprint density at radius 1 is 0.810 bits per heavy atom. The summed E-state index contributed by atoms with van der Waals surface area (Å²) in [6.45, 7) is 29.9. The second-order valence-electron chi connectivity index (χ2n) is 22.3. The van der Waals surface area contributed by atoms with E-state index < -0.39 is 48.2 Å². The summed E-state index contributed by atoms with van der Waals surface area (Å²) in [6, 6.07) is 4.02. The van der Waals surface area contributed by atoms with Gasteiger partial charge >= 0.3 is 13.8 Å². The Bertz CT molecular complexity index is 1870. The van der Waals surface area contributed by atoms with Gasteiger partial charge in [-0.05, 0) is 131 Å². The minimum absolute atomic E-state index is 0.0207. The summed E-state index contributed by atoms with van der Waals surface area (Å²) < 4.78 is 42.0. The molecule has 0 bridgehead atoms. The molecule has 2 aromatic heterocycles. The second kappa shape index (κ2) is 15.9. The van der Waals surface area contributed by atoms with E-state index in [9.17, 15) is 18.9 Å². The monoisotopic (exact) mass is 830 g/mol. The Kier molecular flexibility index (Phi) is 12.7. The van der Waals surface area contributed by atoms with Crippen LogP contribution in [0.15, 0.2) is 16.5 Å². The quantitative estimate of drug-likeness (QED) is 0.136. The number of hydrogen-bond acceptors (Lipinski definition) is 10. The summed E-state index contributed by atoms with van der Waals surface area (Å²) in [6.07, 6.45) is 6.37. The number of pyridine rings is 1. The maximum atomic E-state index is 14.3. The van der Waals surface area contributed by atoms with Crippen molar-refractivity contribution in [3.8, 4) is 0 Å². The fraction of sp³-hybridized carbons (Fsp3) is 0.778. The number of piperazine rings is 1. The zero-order chi connectivity index (χ0) is 43.5. The van der Waals surface area contributed by atoms with Crippen LogP contribution in [0.2, 0.25) is 0 Å². The first-order valence-electron chi connectivity index (χ1n) is 21.2. The van der Waals surface area contributed by atoms with Gasteiger partial charge in [-0.25, -0.2) is 14.1 Å². The maximum Gasteiger partial charge on any atom is 0.478 e. The Hall–Kier alpha value is -2.79. The van der Waals surface area contributed by atoms with Gasteiger partial charge in [0.2, 0.25) is 12.7 Å². The molecule has 2 saturated carbocycles. The predicted molar refractivity (Wildman–Crippen MR) is 225 cm³/mol. The number of furan rings is 1. The van der Waals surface area contributed by atoms with E-state index in [1.807, 2.05) is 43.6 Å². The minimum Gasteiger partial charge on any atom is -0.449 e. The summed E-state index contributed by atoms with van der Waals surface area (Å²) in [5.41, 5.74) is -0.169. The van der Waals surface area contributed by atoms with Crippen LogP contribution >= 0.6 is 7.82 Å². The maximum absolute atomic E-state index is 14.3. The van der Waals surface area contributed by atoms with Crippen LogP contribution in [-0.4, -0.2) is 75.7 Å². The topological polar surface area (TPSA) is 138 Å². The molecule has 2 aromatic rings. The third-order valence-corrected chi connectivity index (χ3v) is 14.3. The van der Waals surface area contributed by atoms with Crippen LogP contribution in [0.3, 0.4) is 0 Å². The van der Waals surface area contributed by atoms with Crippen molar-refractivity contribution < 1.29 is 41.7 Å². The summed E-state index contributed by atoms with van der Waals surface area (Å²) in [4.78, 5) is 50.7. The van der Waals surface area contributed by atoms with Gasteiger partial charge in [-0.3, -0.25) is 23.4 Å². The lowest BCUT2D eigenvalue weighted by molar-refractivity contribution is -0.169. The van der Waals surface area contributed by atoms with E-state index in [0.717, 1.165) is 29.6 Å². The van der Waals surface area contributed by atoms with Gasteiger partial charge in [0.25, 0.3) is 5.91 Å². The van der Waals surface area contributed by atoms with Crippen molar-refractivity contribution in [1.82, 2.24) is 14.8 Å². The van der Waals surface area contributed by atoms with Crippen LogP contribution < -0.4 is 0 Å². The Balaban J connectivity index is 1.22. The zero-order valence-corrected chi connectivity index (χ0v) is 39.1.